The largest absolute Gasteiger partial charge is 0.416 e. The molecule has 2 aromatic rings. The van der Waals surface area contributed by atoms with Crippen LogP contribution in [0.2, 0.25) is 5.02 Å². The molecule has 2 aliphatic rings. The molecule has 0 radical (unpaired) electrons. The number of pyridine rings is 1. The fourth-order valence-electron chi connectivity index (χ4n) is 3.52. The average molecular weight is 453 g/mol. The second-order valence-corrected chi connectivity index (χ2v) is 8.17. The van der Waals surface area contributed by atoms with Gasteiger partial charge < -0.3 is 15.5 Å². The molecule has 0 spiro atoms. The van der Waals surface area contributed by atoms with E-state index in [9.17, 15) is 22.8 Å². The van der Waals surface area contributed by atoms with Crippen molar-refractivity contribution in [3.8, 4) is 0 Å². The predicted molar refractivity (Wildman–Crippen MR) is 110 cm³/mol. The number of rotatable bonds is 5. The molecule has 31 heavy (non-hydrogen) atoms. The Labute approximate surface area is 181 Å². The molecule has 1 aliphatic heterocycles. The van der Waals surface area contributed by atoms with Crippen molar-refractivity contribution in [3.05, 3.63) is 52.7 Å². The number of hydrogen-bond donors (Lipinski definition) is 2. The Balaban J connectivity index is 1.37. The average Bonchev–Trinajstić information content (AvgIpc) is 3.47. The number of carbonyl (C=O) groups is 2. The van der Waals surface area contributed by atoms with Crippen LogP contribution in [0.4, 0.5) is 24.7 Å². The van der Waals surface area contributed by atoms with Crippen LogP contribution in [-0.2, 0) is 11.0 Å². The zero-order valence-electron chi connectivity index (χ0n) is 16.4. The second-order valence-electron chi connectivity index (χ2n) is 7.76. The summed E-state index contributed by atoms with van der Waals surface area (Å²) in [7, 11) is 0. The van der Waals surface area contributed by atoms with E-state index in [2.05, 4.69) is 15.6 Å². The number of hydrogen-bond acceptors (Lipinski definition) is 4. The Morgan fingerprint density at radius 3 is 2.58 bits per heavy atom. The second kappa shape index (κ2) is 8.37. The van der Waals surface area contributed by atoms with Gasteiger partial charge in [-0.15, -0.1) is 0 Å². The van der Waals surface area contributed by atoms with Gasteiger partial charge in [-0.3, -0.25) is 9.59 Å². The van der Waals surface area contributed by atoms with E-state index in [1.165, 1.54) is 18.3 Å². The van der Waals surface area contributed by atoms with Crippen LogP contribution in [0, 0.1) is 5.92 Å². The summed E-state index contributed by atoms with van der Waals surface area (Å²) < 4.78 is 38.5. The summed E-state index contributed by atoms with van der Waals surface area (Å²) in [6.07, 6.45) is -0.634. The van der Waals surface area contributed by atoms with Crippen molar-refractivity contribution in [2.45, 2.75) is 31.5 Å². The van der Waals surface area contributed by atoms with Crippen molar-refractivity contribution >= 4 is 34.9 Å². The van der Waals surface area contributed by atoms with Gasteiger partial charge in [-0.25, -0.2) is 4.98 Å². The minimum absolute atomic E-state index is 0.0204. The smallest absolute Gasteiger partial charge is 0.368 e. The van der Waals surface area contributed by atoms with Crippen molar-refractivity contribution in [1.82, 2.24) is 10.3 Å². The highest BCUT2D eigenvalue weighted by molar-refractivity contribution is 6.33. The number of nitrogens with one attached hydrogen (secondary N) is 2. The van der Waals surface area contributed by atoms with E-state index in [1.54, 1.807) is 6.07 Å². The first-order valence-corrected chi connectivity index (χ1v) is 10.3. The standard InChI is InChI=1S/C21H20ClF3N4O2/c22-16-10-14(21(23,24)25)3-4-17(16)29-8-6-15(11-29)27-20(31)13-5-7-26-18(9-13)28-19(30)12-1-2-12/h3-5,7,9-10,12,15H,1-2,6,8,11H2,(H,27,31)(H,26,28,30). The quantitative estimate of drug-likeness (QED) is 0.716. The summed E-state index contributed by atoms with van der Waals surface area (Å²) in [5.74, 6) is -0.0467. The van der Waals surface area contributed by atoms with E-state index in [1.807, 2.05) is 4.90 Å². The fraction of sp³-hybridized carbons (Fsp3) is 0.381. The molecule has 1 unspecified atom stereocenters. The highest BCUT2D eigenvalue weighted by Gasteiger charge is 2.32. The number of amides is 2. The summed E-state index contributed by atoms with van der Waals surface area (Å²) in [6, 6.07) is 6.16. The lowest BCUT2D eigenvalue weighted by atomic mass is 10.2. The van der Waals surface area contributed by atoms with Crippen LogP contribution in [0.1, 0.15) is 35.2 Å². The van der Waals surface area contributed by atoms with E-state index in [0.29, 0.717) is 36.6 Å². The molecular weight excluding hydrogens is 433 g/mol. The van der Waals surface area contributed by atoms with Crippen molar-refractivity contribution < 1.29 is 22.8 Å². The molecule has 0 bridgehead atoms. The number of anilines is 2. The minimum Gasteiger partial charge on any atom is -0.368 e. The third-order valence-corrected chi connectivity index (χ3v) is 5.66. The lowest BCUT2D eigenvalue weighted by Crippen LogP contribution is -2.37. The van der Waals surface area contributed by atoms with Crippen molar-refractivity contribution in [2.24, 2.45) is 5.92 Å². The number of nitrogens with zero attached hydrogens (tertiary/aromatic N) is 2. The predicted octanol–water partition coefficient (Wildman–Crippen LogP) is 4.11. The van der Waals surface area contributed by atoms with Gasteiger partial charge in [-0.2, -0.15) is 13.2 Å². The van der Waals surface area contributed by atoms with Crippen LogP contribution in [0.3, 0.4) is 0 Å². The molecule has 6 nitrogen and oxygen atoms in total. The van der Waals surface area contributed by atoms with Gasteiger partial charge >= 0.3 is 6.18 Å². The molecule has 10 heteroatoms. The maximum Gasteiger partial charge on any atom is 0.416 e. The van der Waals surface area contributed by atoms with Crippen molar-refractivity contribution in [2.75, 3.05) is 23.3 Å². The Bertz CT molecular complexity index is 1010. The number of benzene rings is 1. The van der Waals surface area contributed by atoms with Gasteiger partial charge in [0.2, 0.25) is 5.91 Å². The third kappa shape index (κ3) is 5.10. The van der Waals surface area contributed by atoms with Gasteiger partial charge in [0.1, 0.15) is 5.82 Å². The van der Waals surface area contributed by atoms with E-state index in [4.69, 9.17) is 11.6 Å². The fourth-order valence-corrected chi connectivity index (χ4v) is 3.82. The first-order valence-electron chi connectivity index (χ1n) is 9.90. The molecule has 1 saturated heterocycles. The third-order valence-electron chi connectivity index (χ3n) is 5.36. The molecular formula is C21H20ClF3N4O2. The molecule has 2 amide bonds. The zero-order chi connectivity index (χ0) is 22.2. The van der Waals surface area contributed by atoms with Gasteiger partial charge in [0, 0.05) is 36.8 Å². The number of alkyl halides is 3. The van der Waals surface area contributed by atoms with Crippen LogP contribution < -0.4 is 15.5 Å². The molecule has 1 aromatic heterocycles. The van der Waals surface area contributed by atoms with Gasteiger partial charge in [-0.05, 0) is 49.6 Å². The van der Waals surface area contributed by atoms with E-state index in [-0.39, 0.29) is 28.8 Å². The summed E-state index contributed by atoms with van der Waals surface area (Å²) >= 11 is 6.08. The summed E-state index contributed by atoms with van der Waals surface area (Å²) in [5.41, 5.74) is 0.0695. The zero-order valence-corrected chi connectivity index (χ0v) is 17.1. The van der Waals surface area contributed by atoms with Gasteiger partial charge in [0.05, 0.1) is 16.3 Å². The summed E-state index contributed by atoms with van der Waals surface area (Å²) in [6.45, 7) is 0.974. The van der Waals surface area contributed by atoms with Crippen LogP contribution in [0.25, 0.3) is 0 Å². The van der Waals surface area contributed by atoms with Gasteiger partial charge in [0.25, 0.3) is 5.91 Å². The molecule has 2 heterocycles. The molecule has 2 N–H and O–H groups in total. The van der Waals surface area contributed by atoms with Crippen LogP contribution >= 0.6 is 11.6 Å². The summed E-state index contributed by atoms with van der Waals surface area (Å²) in [5, 5.41) is 5.65. The minimum atomic E-state index is -4.45. The highest BCUT2D eigenvalue weighted by Crippen LogP contribution is 2.36. The Hall–Kier alpha value is -2.81. The molecule has 1 saturated carbocycles. The van der Waals surface area contributed by atoms with E-state index >= 15 is 0 Å². The van der Waals surface area contributed by atoms with Gasteiger partial charge in [-0.1, -0.05) is 11.6 Å². The lowest BCUT2D eigenvalue weighted by Gasteiger charge is -2.21. The Morgan fingerprint density at radius 1 is 1.13 bits per heavy atom. The monoisotopic (exact) mass is 452 g/mol. The molecule has 1 atom stereocenters. The maximum absolute atomic E-state index is 12.8. The Morgan fingerprint density at radius 2 is 1.90 bits per heavy atom. The normalized spacial score (nSPS) is 18.7. The molecule has 164 valence electrons. The maximum atomic E-state index is 12.8. The molecule has 4 rings (SSSR count). The Kier molecular flexibility index (Phi) is 5.79. The van der Waals surface area contributed by atoms with Crippen LogP contribution in [-0.4, -0.2) is 35.9 Å². The summed E-state index contributed by atoms with van der Waals surface area (Å²) in [4.78, 5) is 30.4. The molecule has 2 fully saturated rings. The van der Waals surface area contributed by atoms with Crippen molar-refractivity contribution in [3.63, 3.8) is 0 Å². The molecule has 1 aliphatic carbocycles. The topological polar surface area (TPSA) is 74.3 Å². The molecule has 1 aromatic carbocycles. The SMILES string of the molecule is O=C(NC1CCN(c2ccc(C(F)(F)F)cc2Cl)C1)c1ccnc(NC(=O)C2CC2)c1. The number of carbonyl (C=O) groups excluding carboxylic acids is 2. The highest BCUT2D eigenvalue weighted by atomic mass is 35.5. The van der Waals surface area contributed by atoms with Crippen molar-refractivity contribution in [1.29, 1.82) is 0 Å². The number of aromatic nitrogens is 1. The van der Waals surface area contributed by atoms with E-state index < -0.39 is 11.7 Å². The first kappa shape index (κ1) is 21.4. The van der Waals surface area contributed by atoms with Crippen LogP contribution in [0.15, 0.2) is 36.5 Å². The lowest BCUT2D eigenvalue weighted by molar-refractivity contribution is -0.137. The van der Waals surface area contributed by atoms with E-state index in [0.717, 1.165) is 25.0 Å². The van der Waals surface area contributed by atoms with Crippen LogP contribution in [0.5, 0.6) is 0 Å². The van der Waals surface area contributed by atoms with Gasteiger partial charge in [0.15, 0.2) is 0 Å². The number of halogens is 4. The first-order chi connectivity index (χ1) is 14.7.